The summed E-state index contributed by atoms with van der Waals surface area (Å²) in [6.07, 6.45) is -0.418. The van der Waals surface area contributed by atoms with Crippen LogP contribution in [0.5, 0.6) is 23.0 Å². The van der Waals surface area contributed by atoms with Crippen molar-refractivity contribution in [3.63, 3.8) is 0 Å². The van der Waals surface area contributed by atoms with Gasteiger partial charge in [0.15, 0.2) is 11.5 Å². The number of cyclic esters (lactones) is 1. The van der Waals surface area contributed by atoms with Gasteiger partial charge in [0.05, 0.1) is 28.7 Å². The fraction of sp³-hybridized carbons (Fsp3) is 0.462. The molecule has 0 spiro atoms. The highest BCUT2D eigenvalue weighted by Gasteiger charge is 2.35. The Bertz CT molecular complexity index is 1190. The molecular formula is C26H29Br2FO7. The minimum Gasteiger partial charge on any atom is -0.495 e. The molecule has 0 fully saturated rings. The summed E-state index contributed by atoms with van der Waals surface area (Å²) in [5, 5.41) is 10.7. The van der Waals surface area contributed by atoms with Crippen molar-refractivity contribution in [3.05, 3.63) is 43.3 Å². The predicted molar refractivity (Wildman–Crippen MR) is 139 cm³/mol. The van der Waals surface area contributed by atoms with Crippen LogP contribution in [0.4, 0.5) is 4.39 Å². The van der Waals surface area contributed by atoms with E-state index in [-0.39, 0.29) is 41.1 Å². The number of methoxy groups -OCH3 is 1. The molecule has 1 heterocycles. The molecule has 0 unspecified atom stereocenters. The Hall–Kier alpha value is -2.17. The van der Waals surface area contributed by atoms with Gasteiger partial charge in [-0.3, -0.25) is 4.79 Å². The molecule has 2 aromatic carbocycles. The van der Waals surface area contributed by atoms with Crippen LogP contribution < -0.4 is 14.2 Å². The first-order valence-corrected chi connectivity index (χ1v) is 12.9. The van der Waals surface area contributed by atoms with Crippen LogP contribution in [0.2, 0.25) is 0 Å². The predicted octanol–water partition coefficient (Wildman–Crippen LogP) is 6.97. The van der Waals surface area contributed by atoms with Crippen LogP contribution in [0.1, 0.15) is 67.3 Å². The second kappa shape index (κ2) is 11.1. The molecule has 0 saturated heterocycles. The topological polar surface area (TPSA) is 91.3 Å². The van der Waals surface area contributed by atoms with Crippen molar-refractivity contribution in [2.24, 2.45) is 11.3 Å². The summed E-state index contributed by atoms with van der Waals surface area (Å²) in [6.45, 7) is 7.47. The number of hydrogen-bond donors (Lipinski definition) is 1. The van der Waals surface area contributed by atoms with Gasteiger partial charge in [0, 0.05) is 10.0 Å². The SMILES string of the molecule is COc1c([C@@H](O)CC(C)C)ccc2c1C(=O)OCc1c(Br)c(C)c(Br)c(OC(=O)C(C)(C)CF)c1O2. The molecule has 2 aromatic rings. The second-order valence-electron chi connectivity index (χ2n) is 9.68. The maximum atomic E-state index is 13.5. The molecule has 7 nitrogen and oxygen atoms in total. The smallest absolute Gasteiger partial charge is 0.346 e. The zero-order chi connectivity index (χ0) is 26.9. The van der Waals surface area contributed by atoms with Crippen LogP contribution in [0.15, 0.2) is 21.1 Å². The van der Waals surface area contributed by atoms with Gasteiger partial charge >= 0.3 is 11.9 Å². The van der Waals surface area contributed by atoms with E-state index in [9.17, 15) is 19.1 Å². The van der Waals surface area contributed by atoms with E-state index in [0.29, 0.717) is 32.1 Å². The van der Waals surface area contributed by atoms with E-state index in [4.69, 9.17) is 18.9 Å². The van der Waals surface area contributed by atoms with Crippen molar-refractivity contribution in [1.29, 1.82) is 0 Å². The lowest BCUT2D eigenvalue weighted by Gasteiger charge is -2.26. The molecule has 10 heteroatoms. The maximum absolute atomic E-state index is 13.5. The molecule has 1 aliphatic rings. The van der Waals surface area contributed by atoms with Crippen LogP contribution >= 0.6 is 31.9 Å². The number of rotatable bonds is 7. The van der Waals surface area contributed by atoms with Gasteiger partial charge in [0.1, 0.15) is 30.3 Å². The average molecular weight is 632 g/mol. The van der Waals surface area contributed by atoms with E-state index in [1.54, 1.807) is 13.0 Å². The fourth-order valence-electron chi connectivity index (χ4n) is 3.68. The highest BCUT2D eigenvalue weighted by atomic mass is 79.9. The van der Waals surface area contributed by atoms with Crippen LogP contribution in [0.25, 0.3) is 0 Å². The second-order valence-corrected chi connectivity index (χ2v) is 11.3. The van der Waals surface area contributed by atoms with Crippen molar-refractivity contribution < 1.29 is 38.0 Å². The lowest BCUT2D eigenvalue weighted by atomic mass is 9.96. The van der Waals surface area contributed by atoms with E-state index >= 15 is 0 Å². The number of aliphatic hydroxyl groups excluding tert-OH is 1. The van der Waals surface area contributed by atoms with Crippen LogP contribution in [-0.2, 0) is 16.1 Å². The summed E-state index contributed by atoms with van der Waals surface area (Å²) in [4.78, 5) is 25.9. The summed E-state index contributed by atoms with van der Waals surface area (Å²) in [5.41, 5.74) is 0.133. The highest BCUT2D eigenvalue weighted by Crippen LogP contribution is 2.50. The third-order valence-electron chi connectivity index (χ3n) is 5.86. The molecule has 1 atom stereocenters. The molecule has 3 rings (SSSR count). The van der Waals surface area contributed by atoms with E-state index in [1.807, 2.05) is 13.8 Å². The molecule has 0 radical (unpaired) electrons. The molecular weight excluding hydrogens is 603 g/mol. The van der Waals surface area contributed by atoms with Gasteiger partial charge in [-0.2, -0.15) is 0 Å². The number of benzene rings is 2. The number of halogens is 3. The first kappa shape index (κ1) is 28.4. The Balaban J connectivity index is 2.22. The van der Waals surface area contributed by atoms with Gasteiger partial charge < -0.3 is 24.1 Å². The van der Waals surface area contributed by atoms with Gasteiger partial charge in [-0.05, 0) is 82.7 Å². The summed E-state index contributed by atoms with van der Waals surface area (Å²) in [6, 6.07) is 3.15. The van der Waals surface area contributed by atoms with Crippen LogP contribution in [-0.4, -0.2) is 30.8 Å². The van der Waals surface area contributed by atoms with Gasteiger partial charge in [0.2, 0.25) is 0 Å². The lowest BCUT2D eigenvalue weighted by molar-refractivity contribution is -0.144. The first-order valence-electron chi connectivity index (χ1n) is 11.4. The summed E-state index contributed by atoms with van der Waals surface area (Å²) in [5.74, 6) is -0.916. The van der Waals surface area contributed by atoms with Crippen LogP contribution in [0.3, 0.4) is 0 Å². The quantitative estimate of drug-likeness (QED) is 0.261. The van der Waals surface area contributed by atoms with Crippen LogP contribution in [0, 0.1) is 18.3 Å². The number of aliphatic hydroxyl groups is 1. The molecule has 0 amide bonds. The Labute approximate surface area is 226 Å². The molecule has 0 saturated carbocycles. The van der Waals surface area contributed by atoms with E-state index in [1.165, 1.54) is 27.0 Å². The van der Waals surface area contributed by atoms with Crippen molar-refractivity contribution in [1.82, 2.24) is 0 Å². The Morgan fingerprint density at radius 1 is 1.22 bits per heavy atom. The largest absolute Gasteiger partial charge is 0.495 e. The third-order valence-corrected chi connectivity index (χ3v) is 7.88. The molecule has 0 aliphatic carbocycles. The van der Waals surface area contributed by atoms with E-state index in [2.05, 4.69) is 31.9 Å². The van der Waals surface area contributed by atoms with Gasteiger partial charge in [-0.1, -0.05) is 13.8 Å². The summed E-state index contributed by atoms with van der Waals surface area (Å²) in [7, 11) is 1.39. The summed E-state index contributed by atoms with van der Waals surface area (Å²) >= 11 is 6.97. The number of carbonyl (C=O) groups is 2. The van der Waals surface area contributed by atoms with Crippen molar-refractivity contribution in [2.75, 3.05) is 13.8 Å². The number of ether oxygens (including phenoxy) is 4. The lowest BCUT2D eigenvalue weighted by Crippen LogP contribution is -2.31. The zero-order valence-corrected chi connectivity index (χ0v) is 24.1. The number of alkyl halides is 1. The van der Waals surface area contributed by atoms with Gasteiger partial charge in [-0.25, -0.2) is 9.18 Å². The third kappa shape index (κ3) is 5.40. The Morgan fingerprint density at radius 2 is 1.89 bits per heavy atom. The molecule has 0 bridgehead atoms. The van der Waals surface area contributed by atoms with Crippen molar-refractivity contribution >= 4 is 43.8 Å². The highest BCUT2D eigenvalue weighted by molar-refractivity contribution is 9.11. The minimum absolute atomic E-state index is 0.00218. The minimum atomic E-state index is -1.38. The average Bonchev–Trinajstić information content (AvgIpc) is 2.82. The van der Waals surface area contributed by atoms with Gasteiger partial charge in [0.25, 0.3) is 0 Å². The Kier molecular flexibility index (Phi) is 8.73. The van der Waals surface area contributed by atoms with E-state index in [0.717, 1.165) is 0 Å². The van der Waals surface area contributed by atoms with Gasteiger partial charge in [-0.15, -0.1) is 0 Å². The fourth-order valence-corrected chi connectivity index (χ4v) is 4.90. The molecule has 1 N–H and O–H groups in total. The van der Waals surface area contributed by atoms with Crippen molar-refractivity contribution in [2.45, 2.75) is 53.8 Å². The number of esters is 2. The monoisotopic (exact) mass is 630 g/mol. The van der Waals surface area contributed by atoms with Crippen molar-refractivity contribution in [3.8, 4) is 23.0 Å². The molecule has 0 aromatic heterocycles. The number of carbonyl (C=O) groups excluding carboxylic acids is 2. The Morgan fingerprint density at radius 3 is 2.47 bits per heavy atom. The molecule has 36 heavy (non-hydrogen) atoms. The maximum Gasteiger partial charge on any atom is 0.346 e. The standard InChI is InChI=1S/C26H29Br2FO7/c1-12(2)9-16(30)14-7-8-17-18(21(14)33-6)24(31)34-10-15-19(27)13(3)20(28)23(22(15)35-17)36-25(32)26(4,5)11-29/h7-8,12,16,30H,9-11H2,1-6H3/t16-/m0/s1. The number of hydrogen-bond acceptors (Lipinski definition) is 7. The molecule has 196 valence electrons. The van der Waals surface area contributed by atoms with E-state index < -0.39 is 30.1 Å². The first-order chi connectivity index (χ1) is 16.8. The number of fused-ring (bicyclic) bond motifs is 2. The normalized spacial score (nSPS) is 14.1. The molecule has 1 aliphatic heterocycles. The summed E-state index contributed by atoms with van der Waals surface area (Å²) < 4.78 is 37.5. The zero-order valence-electron chi connectivity index (χ0n) is 21.0.